The van der Waals surface area contributed by atoms with Gasteiger partial charge in [-0.3, -0.25) is 10.1 Å². The van der Waals surface area contributed by atoms with E-state index in [1.165, 1.54) is 18.2 Å². The van der Waals surface area contributed by atoms with E-state index >= 15 is 0 Å². The fourth-order valence-corrected chi connectivity index (χ4v) is 5.04. The number of aromatic nitrogens is 4. The highest BCUT2D eigenvalue weighted by molar-refractivity contribution is 6.76. The van der Waals surface area contributed by atoms with Crippen molar-refractivity contribution in [1.29, 1.82) is 0 Å². The molecule has 4 aromatic rings. The molecule has 12 heteroatoms. The molecule has 2 aromatic carbocycles. The van der Waals surface area contributed by atoms with Crippen LogP contribution in [0.15, 0.2) is 48.8 Å². The molecule has 4 rings (SSSR count). The molecule has 0 bridgehead atoms. The molecular formula is C26H40N6O4Si2. The molecule has 38 heavy (non-hydrogen) atoms. The molecule has 0 saturated carbocycles. The molecule has 2 N–H and O–H groups in total. The molecule has 0 atom stereocenters. The number of nitrogens with zero attached hydrogens (tertiary/aromatic N) is 5. The molecule has 0 unspecified atom stereocenters. The van der Waals surface area contributed by atoms with E-state index in [0.29, 0.717) is 20.1 Å². The lowest BCUT2D eigenvalue weighted by Crippen LogP contribution is -2.22. The summed E-state index contributed by atoms with van der Waals surface area (Å²) in [5.74, 6) is 0. The standard InChI is InChI=1S/C13H19N3O3Si.C13H21N3OSi/c1-20(2,3)7-6-19-10-15-13-8-12(16(17)18)5-4-11(13)9-14-15;1-18(2,3)7-6-17-10-16-13-8-12(14)5-4-11(13)9-15-16/h4-5,8-9H,6-7,10H2,1-3H3;4-5,8-9H,6-7,10,14H2,1-3H3. The zero-order valence-corrected chi connectivity index (χ0v) is 25.3. The minimum atomic E-state index is -1.10. The Balaban J connectivity index is 0.000000212. The van der Waals surface area contributed by atoms with Crippen molar-refractivity contribution < 1.29 is 14.4 Å². The van der Waals surface area contributed by atoms with E-state index in [2.05, 4.69) is 49.5 Å². The Hall–Kier alpha value is -3.07. The molecule has 0 aliphatic heterocycles. The Kier molecular flexibility index (Phi) is 9.82. The Labute approximate surface area is 225 Å². The number of hydrogen-bond donors (Lipinski definition) is 1. The van der Waals surface area contributed by atoms with Crippen LogP contribution in [0.2, 0.25) is 51.4 Å². The summed E-state index contributed by atoms with van der Waals surface area (Å²) < 4.78 is 14.8. The van der Waals surface area contributed by atoms with E-state index in [1.807, 2.05) is 29.1 Å². The number of nitro groups is 1. The zero-order chi connectivity index (χ0) is 27.9. The SMILES string of the molecule is C[Si](C)(C)CCOCn1ncc2ccc(N)cc21.C[Si](C)(C)CCOCn1ncc2ccc([N+](=O)[O-])cc21. The number of hydrogen-bond acceptors (Lipinski definition) is 7. The molecular weight excluding hydrogens is 516 g/mol. The van der Waals surface area contributed by atoms with Crippen molar-refractivity contribution in [3.05, 3.63) is 58.9 Å². The molecule has 206 valence electrons. The number of fused-ring (bicyclic) bond motifs is 2. The van der Waals surface area contributed by atoms with E-state index < -0.39 is 21.1 Å². The first kappa shape index (κ1) is 29.5. The first-order valence-corrected chi connectivity index (χ1v) is 20.2. The van der Waals surface area contributed by atoms with E-state index in [9.17, 15) is 10.1 Å². The van der Waals surface area contributed by atoms with Crippen LogP contribution >= 0.6 is 0 Å². The first-order valence-electron chi connectivity index (χ1n) is 12.8. The second-order valence-corrected chi connectivity index (χ2v) is 23.0. The molecule has 10 nitrogen and oxygen atoms in total. The lowest BCUT2D eigenvalue weighted by Gasteiger charge is -2.15. The van der Waals surface area contributed by atoms with Gasteiger partial charge in [-0.15, -0.1) is 0 Å². The van der Waals surface area contributed by atoms with Gasteiger partial charge in [0.25, 0.3) is 5.69 Å². The Morgan fingerprint density at radius 3 is 1.76 bits per heavy atom. The smallest absolute Gasteiger partial charge is 0.271 e. The predicted octanol–water partition coefficient (Wildman–Crippen LogP) is 6.19. The summed E-state index contributed by atoms with van der Waals surface area (Å²) in [6, 6.07) is 12.8. The summed E-state index contributed by atoms with van der Waals surface area (Å²) in [6.45, 7) is 16.3. The average Bonchev–Trinajstić information content (AvgIpc) is 3.42. The summed E-state index contributed by atoms with van der Waals surface area (Å²) in [7, 11) is -2.12. The highest BCUT2D eigenvalue weighted by Gasteiger charge is 2.14. The number of nitro benzene ring substituents is 1. The summed E-state index contributed by atoms with van der Waals surface area (Å²) in [5.41, 5.74) is 8.37. The third-order valence-electron chi connectivity index (χ3n) is 5.93. The van der Waals surface area contributed by atoms with Crippen LogP contribution in [0.25, 0.3) is 21.8 Å². The fraction of sp³-hybridized carbons (Fsp3) is 0.462. The predicted molar refractivity (Wildman–Crippen MR) is 159 cm³/mol. The quantitative estimate of drug-likeness (QED) is 0.0768. The van der Waals surface area contributed by atoms with E-state index in [-0.39, 0.29) is 5.69 Å². The number of ether oxygens (including phenoxy) is 2. The first-order chi connectivity index (χ1) is 17.8. The third-order valence-corrected chi connectivity index (χ3v) is 9.34. The largest absolute Gasteiger partial charge is 0.399 e. The van der Waals surface area contributed by atoms with E-state index in [1.54, 1.807) is 16.9 Å². The molecule has 0 aliphatic rings. The molecule has 0 aliphatic carbocycles. The fourth-order valence-electron chi connectivity index (χ4n) is 3.52. The Morgan fingerprint density at radius 2 is 1.29 bits per heavy atom. The second-order valence-electron chi connectivity index (χ2n) is 11.8. The van der Waals surface area contributed by atoms with E-state index in [4.69, 9.17) is 15.2 Å². The van der Waals surface area contributed by atoms with Crippen molar-refractivity contribution in [3.63, 3.8) is 0 Å². The minimum absolute atomic E-state index is 0.0707. The van der Waals surface area contributed by atoms with Gasteiger partial charge in [0.05, 0.1) is 28.4 Å². The maximum Gasteiger partial charge on any atom is 0.271 e. The van der Waals surface area contributed by atoms with Crippen LogP contribution in [0.4, 0.5) is 11.4 Å². The normalized spacial score (nSPS) is 12.1. The average molecular weight is 557 g/mol. The summed E-state index contributed by atoms with van der Waals surface area (Å²) in [5, 5.41) is 21.3. The summed E-state index contributed by atoms with van der Waals surface area (Å²) in [6.07, 6.45) is 3.54. The van der Waals surface area contributed by atoms with Gasteiger partial charge in [0, 0.05) is 58.0 Å². The van der Waals surface area contributed by atoms with Crippen LogP contribution in [0.3, 0.4) is 0 Å². The van der Waals surface area contributed by atoms with Gasteiger partial charge in [0.1, 0.15) is 13.5 Å². The molecule has 0 amide bonds. The van der Waals surface area contributed by atoms with Crippen LogP contribution in [0, 0.1) is 10.1 Å². The van der Waals surface area contributed by atoms with E-state index in [0.717, 1.165) is 40.1 Å². The number of nitrogens with two attached hydrogens (primary N) is 1. The highest BCUT2D eigenvalue weighted by atomic mass is 28.3. The number of anilines is 1. The van der Waals surface area contributed by atoms with Gasteiger partial charge >= 0.3 is 0 Å². The van der Waals surface area contributed by atoms with Gasteiger partial charge in [0.15, 0.2) is 0 Å². The second kappa shape index (κ2) is 12.7. The number of rotatable bonds is 11. The van der Waals surface area contributed by atoms with Crippen molar-refractivity contribution in [2.24, 2.45) is 0 Å². The lowest BCUT2D eigenvalue weighted by molar-refractivity contribution is -0.384. The molecule has 2 aromatic heterocycles. The Bertz CT molecular complexity index is 1360. The summed E-state index contributed by atoms with van der Waals surface area (Å²) in [4.78, 5) is 10.4. The molecule has 0 radical (unpaired) electrons. The van der Waals surface area contributed by atoms with Crippen molar-refractivity contribution >= 4 is 49.3 Å². The molecule has 0 saturated heterocycles. The number of non-ortho nitro benzene ring substituents is 1. The summed E-state index contributed by atoms with van der Waals surface area (Å²) >= 11 is 0. The van der Waals surface area contributed by atoms with Crippen molar-refractivity contribution in [2.75, 3.05) is 18.9 Å². The van der Waals surface area contributed by atoms with Gasteiger partial charge < -0.3 is 15.2 Å². The van der Waals surface area contributed by atoms with Crippen LogP contribution in [-0.2, 0) is 22.9 Å². The van der Waals surface area contributed by atoms with Gasteiger partial charge in [-0.2, -0.15) is 10.2 Å². The monoisotopic (exact) mass is 556 g/mol. The third kappa shape index (κ3) is 9.05. The number of benzene rings is 2. The maximum atomic E-state index is 10.8. The van der Waals surface area contributed by atoms with Gasteiger partial charge in [0.2, 0.25) is 0 Å². The zero-order valence-electron chi connectivity index (χ0n) is 23.3. The van der Waals surface area contributed by atoms with Crippen LogP contribution in [0.5, 0.6) is 0 Å². The lowest BCUT2D eigenvalue weighted by atomic mass is 10.2. The minimum Gasteiger partial charge on any atom is -0.399 e. The van der Waals surface area contributed by atoms with Crippen LogP contribution < -0.4 is 5.73 Å². The van der Waals surface area contributed by atoms with Crippen LogP contribution in [0.1, 0.15) is 0 Å². The molecule has 0 spiro atoms. The number of nitrogen functional groups attached to an aromatic ring is 1. The molecule has 0 fully saturated rings. The van der Waals surface area contributed by atoms with Gasteiger partial charge in [-0.05, 0) is 36.4 Å². The van der Waals surface area contributed by atoms with Crippen molar-refractivity contribution in [3.8, 4) is 0 Å². The van der Waals surface area contributed by atoms with Gasteiger partial charge in [-0.1, -0.05) is 39.3 Å². The highest BCUT2D eigenvalue weighted by Crippen LogP contribution is 2.21. The Morgan fingerprint density at radius 1 is 0.816 bits per heavy atom. The maximum absolute atomic E-state index is 10.8. The van der Waals surface area contributed by atoms with Gasteiger partial charge in [-0.25, -0.2) is 9.36 Å². The van der Waals surface area contributed by atoms with Crippen molar-refractivity contribution in [1.82, 2.24) is 19.6 Å². The molecule has 2 heterocycles. The van der Waals surface area contributed by atoms with Crippen molar-refractivity contribution in [2.45, 2.75) is 64.8 Å². The van der Waals surface area contributed by atoms with Crippen LogP contribution in [-0.4, -0.2) is 53.8 Å². The topological polar surface area (TPSA) is 123 Å².